The van der Waals surface area contributed by atoms with Crippen molar-refractivity contribution in [2.45, 2.75) is 13.8 Å². The number of ether oxygens (including phenoxy) is 1. The van der Waals surface area contributed by atoms with Gasteiger partial charge in [0.15, 0.2) is 5.75 Å². The number of hydrogen-bond donors (Lipinski definition) is 0. The number of aryl methyl sites for hydroxylation is 2. The minimum absolute atomic E-state index is 0.784. The minimum Gasteiger partial charge on any atom is -0.454 e. The molecule has 0 atom stereocenters. The van der Waals surface area contributed by atoms with Gasteiger partial charge in [0.2, 0.25) is 0 Å². The Bertz CT molecular complexity index is 537. The highest BCUT2D eigenvalue weighted by Crippen LogP contribution is 2.31. The summed E-state index contributed by atoms with van der Waals surface area (Å²) in [5, 5.41) is 0. The maximum atomic E-state index is 5.93. The summed E-state index contributed by atoms with van der Waals surface area (Å²) < 4.78 is 7.78. The van der Waals surface area contributed by atoms with Gasteiger partial charge in [-0.3, -0.25) is 0 Å². The average Bonchev–Trinajstić information content (AvgIpc) is 2.26. The van der Waals surface area contributed by atoms with Gasteiger partial charge in [0.1, 0.15) is 10.4 Å². The van der Waals surface area contributed by atoms with Crippen LogP contribution in [0.15, 0.2) is 35.1 Å². The van der Waals surface area contributed by atoms with Crippen LogP contribution < -0.4 is 4.74 Å². The van der Waals surface area contributed by atoms with Crippen LogP contribution in [0.3, 0.4) is 0 Å². The molecule has 0 radical (unpaired) electrons. The SMILES string of the molecule is Cc1cccc(C)c1Oc1cnc(Br)cc1I. The molecule has 0 unspecified atom stereocenters. The first-order valence-electron chi connectivity index (χ1n) is 5.13. The van der Waals surface area contributed by atoms with Crippen LogP contribution in [0, 0.1) is 17.4 Å². The molecular weight excluding hydrogens is 393 g/mol. The van der Waals surface area contributed by atoms with E-state index in [2.05, 4.69) is 43.5 Å². The lowest BCUT2D eigenvalue weighted by atomic mass is 10.1. The van der Waals surface area contributed by atoms with Crippen LogP contribution in [0.2, 0.25) is 0 Å². The van der Waals surface area contributed by atoms with E-state index in [1.807, 2.05) is 38.1 Å². The molecule has 2 aromatic rings. The molecule has 17 heavy (non-hydrogen) atoms. The van der Waals surface area contributed by atoms with Crippen LogP contribution in [-0.4, -0.2) is 4.98 Å². The fourth-order valence-corrected chi connectivity index (χ4v) is 2.84. The lowest BCUT2D eigenvalue weighted by molar-refractivity contribution is 0.469. The van der Waals surface area contributed by atoms with Crippen LogP contribution in [0.5, 0.6) is 11.5 Å². The zero-order valence-corrected chi connectivity index (χ0v) is 13.2. The highest BCUT2D eigenvalue weighted by atomic mass is 127. The molecule has 0 aliphatic heterocycles. The summed E-state index contributed by atoms with van der Waals surface area (Å²) in [6.07, 6.45) is 1.73. The molecule has 1 heterocycles. The van der Waals surface area contributed by atoms with Crippen molar-refractivity contribution in [2.75, 3.05) is 0 Å². The van der Waals surface area contributed by atoms with Crippen molar-refractivity contribution < 1.29 is 4.74 Å². The molecule has 0 saturated heterocycles. The zero-order chi connectivity index (χ0) is 12.4. The molecule has 0 amide bonds. The van der Waals surface area contributed by atoms with Gasteiger partial charge in [-0.05, 0) is 69.6 Å². The molecule has 0 fully saturated rings. The van der Waals surface area contributed by atoms with Crippen molar-refractivity contribution in [3.8, 4) is 11.5 Å². The van der Waals surface area contributed by atoms with Gasteiger partial charge in [0.05, 0.1) is 9.77 Å². The van der Waals surface area contributed by atoms with Crippen molar-refractivity contribution >= 4 is 38.5 Å². The summed E-state index contributed by atoms with van der Waals surface area (Å²) in [5.41, 5.74) is 2.26. The Morgan fingerprint density at radius 1 is 1.24 bits per heavy atom. The minimum atomic E-state index is 0.784. The fourth-order valence-electron chi connectivity index (χ4n) is 1.54. The number of pyridine rings is 1. The van der Waals surface area contributed by atoms with Gasteiger partial charge < -0.3 is 4.74 Å². The third-order valence-corrected chi connectivity index (χ3v) is 3.68. The lowest BCUT2D eigenvalue weighted by Gasteiger charge is -2.12. The Labute approximate surface area is 123 Å². The Hall–Kier alpha value is -0.620. The zero-order valence-electron chi connectivity index (χ0n) is 9.50. The molecular formula is C13H11BrINO. The topological polar surface area (TPSA) is 22.1 Å². The second kappa shape index (κ2) is 5.35. The summed E-state index contributed by atoms with van der Waals surface area (Å²) in [6, 6.07) is 8.05. The Kier molecular flexibility index (Phi) is 4.04. The smallest absolute Gasteiger partial charge is 0.159 e. The van der Waals surface area contributed by atoms with Crippen LogP contribution in [0.25, 0.3) is 0 Å². The second-order valence-electron chi connectivity index (χ2n) is 3.76. The van der Waals surface area contributed by atoms with E-state index < -0.39 is 0 Å². The van der Waals surface area contributed by atoms with Crippen molar-refractivity contribution in [1.29, 1.82) is 0 Å². The monoisotopic (exact) mass is 403 g/mol. The molecule has 1 aromatic heterocycles. The molecule has 0 aliphatic carbocycles. The summed E-state index contributed by atoms with van der Waals surface area (Å²) in [5.74, 6) is 1.70. The van der Waals surface area contributed by atoms with Crippen molar-refractivity contribution in [3.63, 3.8) is 0 Å². The van der Waals surface area contributed by atoms with Crippen molar-refractivity contribution in [3.05, 3.63) is 49.8 Å². The van der Waals surface area contributed by atoms with Crippen LogP contribution in [0.4, 0.5) is 0 Å². The standard InChI is InChI=1S/C13H11BrINO/c1-8-4-3-5-9(2)13(8)17-11-7-16-12(14)6-10(11)15/h3-7H,1-2H3. The highest BCUT2D eigenvalue weighted by Gasteiger charge is 2.08. The summed E-state index contributed by atoms with van der Waals surface area (Å²) in [6.45, 7) is 4.09. The Morgan fingerprint density at radius 3 is 2.47 bits per heavy atom. The van der Waals surface area contributed by atoms with E-state index in [1.165, 1.54) is 0 Å². The van der Waals surface area contributed by atoms with E-state index >= 15 is 0 Å². The molecule has 0 bridgehead atoms. The quantitative estimate of drug-likeness (QED) is 0.527. The molecule has 1 aromatic carbocycles. The van der Waals surface area contributed by atoms with Gasteiger partial charge in [-0.25, -0.2) is 4.98 Å². The first-order chi connectivity index (χ1) is 8.08. The van der Waals surface area contributed by atoms with Gasteiger partial charge in [-0.2, -0.15) is 0 Å². The molecule has 88 valence electrons. The fraction of sp³-hybridized carbons (Fsp3) is 0.154. The normalized spacial score (nSPS) is 10.4. The third-order valence-electron chi connectivity index (χ3n) is 2.41. The van der Waals surface area contributed by atoms with Crippen molar-refractivity contribution in [2.24, 2.45) is 0 Å². The Morgan fingerprint density at radius 2 is 1.88 bits per heavy atom. The van der Waals surface area contributed by atoms with Crippen molar-refractivity contribution in [1.82, 2.24) is 4.98 Å². The van der Waals surface area contributed by atoms with Crippen LogP contribution >= 0.6 is 38.5 Å². The molecule has 4 heteroatoms. The van der Waals surface area contributed by atoms with E-state index in [4.69, 9.17) is 4.74 Å². The summed E-state index contributed by atoms with van der Waals surface area (Å²) in [7, 11) is 0. The first-order valence-corrected chi connectivity index (χ1v) is 7.00. The Balaban J connectivity index is 2.38. The molecule has 2 nitrogen and oxygen atoms in total. The molecule has 0 N–H and O–H groups in total. The van der Waals surface area contributed by atoms with Gasteiger partial charge >= 0.3 is 0 Å². The maximum absolute atomic E-state index is 5.93. The predicted molar refractivity (Wildman–Crippen MR) is 80.6 cm³/mol. The number of halogens is 2. The number of para-hydroxylation sites is 1. The first kappa shape index (κ1) is 12.8. The number of aromatic nitrogens is 1. The lowest BCUT2D eigenvalue weighted by Crippen LogP contribution is -1.93. The average molecular weight is 404 g/mol. The molecule has 0 aliphatic rings. The van der Waals surface area contributed by atoms with E-state index in [1.54, 1.807) is 6.20 Å². The van der Waals surface area contributed by atoms with Gasteiger partial charge in [0.25, 0.3) is 0 Å². The van der Waals surface area contributed by atoms with Gasteiger partial charge in [-0.1, -0.05) is 18.2 Å². The predicted octanol–water partition coefficient (Wildman–Crippen LogP) is 4.86. The number of nitrogens with zero attached hydrogens (tertiary/aromatic N) is 1. The molecule has 0 saturated carbocycles. The van der Waals surface area contributed by atoms with E-state index in [9.17, 15) is 0 Å². The van der Waals surface area contributed by atoms with E-state index in [-0.39, 0.29) is 0 Å². The highest BCUT2D eigenvalue weighted by molar-refractivity contribution is 14.1. The van der Waals surface area contributed by atoms with E-state index in [0.717, 1.165) is 30.8 Å². The van der Waals surface area contributed by atoms with E-state index in [0.29, 0.717) is 0 Å². The summed E-state index contributed by atoms with van der Waals surface area (Å²) >= 11 is 5.58. The number of hydrogen-bond acceptors (Lipinski definition) is 2. The number of rotatable bonds is 2. The van der Waals surface area contributed by atoms with Gasteiger partial charge in [-0.15, -0.1) is 0 Å². The largest absolute Gasteiger partial charge is 0.454 e. The van der Waals surface area contributed by atoms with Gasteiger partial charge in [0, 0.05) is 0 Å². The second-order valence-corrected chi connectivity index (χ2v) is 5.74. The maximum Gasteiger partial charge on any atom is 0.159 e. The summed E-state index contributed by atoms with van der Waals surface area (Å²) in [4.78, 5) is 4.18. The molecule has 0 spiro atoms. The van der Waals surface area contributed by atoms with Crippen LogP contribution in [0.1, 0.15) is 11.1 Å². The van der Waals surface area contributed by atoms with Crippen LogP contribution in [-0.2, 0) is 0 Å². The third kappa shape index (κ3) is 2.98. The molecule has 2 rings (SSSR count). The number of benzene rings is 1.